The van der Waals surface area contributed by atoms with E-state index in [0.717, 1.165) is 123 Å². The van der Waals surface area contributed by atoms with E-state index in [1.54, 1.807) is 0 Å². The van der Waals surface area contributed by atoms with Gasteiger partial charge in [0.05, 0.1) is 33.3 Å². The molecule has 2 aliphatic rings. The van der Waals surface area contributed by atoms with Crippen molar-refractivity contribution in [2.24, 2.45) is 0 Å². The fourth-order valence-corrected chi connectivity index (χ4v) is 17.3. The Hall–Kier alpha value is -8.31. The van der Waals surface area contributed by atoms with Gasteiger partial charge in [-0.05, 0) is 117 Å². The predicted octanol–water partition coefficient (Wildman–Crippen LogP) is 21.7. The molecule has 0 radical (unpaired) electrons. The number of hydrogen-bond acceptors (Lipinski definition) is 6. The molecule has 4 aromatic heterocycles. The van der Waals surface area contributed by atoms with Crippen molar-refractivity contribution >= 4 is 137 Å². The molecule has 2 aliphatic carbocycles. The highest BCUT2D eigenvalue weighted by atomic mass is 28.3. The molecule has 0 saturated heterocycles. The molecule has 1 atom stereocenters. The van der Waals surface area contributed by atoms with E-state index in [-0.39, 0.29) is 16.9 Å². The van der Waals surface area contributed by atoms with E-state index in [9.17, 15) is 0 Å². The fourth-order valence-electron chi connectivity index (χ4n) is 14.3. The average molecular weight is 1150 g/mol. The molecule has 0 fully saturated rings. The van der Waals surface area contributed by atoms with E-state index in [1.165, 1.54) is 43.6 Å². The Morgan fingerprint density at radius 3 is 1.49 bits per heavy atom. The Morgan fingerprint density at radius 1 is 0.447 bits per heavy atom. The summed E-state index contributed by atoms with van der Waals surface area (Å²) in [5.74, 6) is 0.900. The summed E-state index contributed by atoms with van der Waals surface area (Å²) in [4.78, 5) is 5.03. The molecule has 13 aromatic rings. The van der Waals surface area contributed by atoms with Gasteiger partial charge in [-0.2, -0.15) is 0 Å². The zero-order chi connectivity index (χ0) is 59.0. The van der Waals surface area contributed by atoms with Crippen molar-refractivity contribution in [3.05, 3.63) is 215 Å². The van der Waals surface area contributed by atoms with Crippen LogP contribution in [0.4, 0.5) is 28.4 Å². The van der Waals surface area contributed by atoms with Crippen molar-refractivity contribution in [2.75, 3.05) is 9.80 Å². The molecule has 6 nitrogen and oxygen atoms in total. The van der Waals surface area contributed by atoms with Crippen LogP contribution < -0.4 is 20.2 Å². The number of furan rings is 4. The number of nitrogens with zero attached hydrogens (tertiary/aromatic N) is 2. The maximum absolute atomic E-state index is 7.44. The molecule has 424 valence electrons. The largest absolute Gasteiger partial charge is 0.456 e. The van der Waals surface area contributed by atoms with E-state index in [0.29, 0.717) is 0 Å². The molecule has 85 heavy (non-hydrogen) atoms. The van der Waals surface area contributed by atoms with E-state index in [2.05, 4.69) is 280 Å². The number of anilines is 5. The maximum Gasteiger partial charge on any atom is 0.145 e. The molecular formula is C77H74N2O4Si2. The smallest absolute Gasteiger partial charge is 0.145 e. The second-order valence-corrected chi connectivity index (χ2v) is 39.0. The maximum atomic E-state index is 7.44. The van der Waals surface area contributed by atoms with Gasteiger partial charge >= 0.3 is 0 Å². The van der Waals surface area contributed by atoms with Crippen molar-refractivity contribution in [1.29, 1.82) is 0 Å². The van der Waals surface area contributed by atoms with E-state index in [1.807, 2.05) is 0 Å². The summed E-state index contributed by atoms with van der Waals surface area (Å²) < 4.78 is 28.9. The van der Waals surface area contributed by atoms with Crippen LogP contribution in [-0.4, -0.2) is 16.1 Å². The Kier molecular flexibility index (Phi) is 11.5. The van der Waals surface area contributed by atoms with Gasteiger partial charge in [-0.15, -0.1) is 0 Å². The minimum atomic E-state index is -1.75. The zero-order valence-corrected chi connectivity index (χ0v) is 53.6. The lowest BCUT2D eigenvalue weighted by Gasteiger charge is -2.39. The number of rotatable bonds is 8. The lowest BCUT2D eigenvalue weighted by atomic mass is 9.75. The molecular weight excluding hydrogens is 1070 g/mol. The third-order valence-corrected chi connectivity index (χ3v) is 22.9. The summed E-state index contributed by atoms with van der Waals surface area (Å²) in [5, 5.41) is 10.5. The first-order valence-corrected chi connectivity index (χ1v) is 37.4. The van der Waals surface area contributed by atoms with Gasteiger partial charge in [0.25, 0.3) is 0 Å². The summed E-state index contributed by atoms with van der Waals surface area (Å²) in [6.07, 6.45) is 0.726. The molecule has 8 heteroatoms. The molecule has 4 heterocycles. The highest BCUT2D eigenvalue weighted by Gasteiger charge is 2.49. The van der Waals surface area contributed by atoms with Crippen molar-refractivity contribution in [3.63, 3.8) is 0 Å². The van der Waals surface area contributed by atoms with Gasteiger partial charge in [0.2, 0.25) is 0 Å². The summed E-state index contributed by atoms with van der Waals surface area (Å²) in [6, 6.07) is 65.1. The van der Waals surface area contributed by atoms with Gasteiger partial charge in [0.15, 0.2) is 0 Å². The highest BCUT2D eigenvalue weighted by molar-refractivity contribution is 6.90. The topological polar surface area (TPSA) is 59.0 Å². The van der Waals surface area contributed by atoms with E-state index < -0.39 is 21.6 Å². The molecule has 0 N–H and O–H groups in total. The van der Waals surface area contributed by atoms with Crippen LogP contribution in [0.5, 0.6) is 0 Å². The van der Waals surface area contributed by atoms with Crippen LogP contribution in [0.1, 0.15) is 101 Å². The number of fused-ring (bicyclic) bond motifs is 16. The van der Waals surface area contributed by atoms with E-state index in [4.69, 9.17) is 17.7 Å². The van der Waals surface area contributed by atoms with Gasteiger partial charge in [0.1, 0.15) is 44.8 Å². The van der Waals surface area contributed by atoms with Crippen LogP contribution in [0.3, 0.4) is 0 Å². The molecule has 15 rings (SSSR count). The normalized spacial score (nSPS) is 15.5. The standard InChI is InChI=1S/C77H74N2O4Si2/c1-75(2,3)45-29-33-47(34-30-45)78(49-37-39-51-53-23-19-27-65(84(9,10)11)71(53)82-63(51)41-49)59-43-57-69(73-67(59)55-21-15-17-25-61(55)80-73)70-58(77(57,7)8)44-60(68-56-22-16-18-26-62(56)81-74(68)70)79(48-35-31-46(32-36-48)76(4,5)6)50-38-40-52-54-24-20-28-66(85(12,13)14)72(54)83-64(52)42-50/h15-43,60H,44H2,1-14H3. The van der Waals surface area contributed by atoms with Crippen LogP contribution >= 0.6 is 0 Å². The highest BCUT2D eigenvalue weighted by Crippen LogP contribution is 2.62. The Labute approximate surface area is 500 Å². The fraction of sp³-hybridized carbons (Fsp3) is 0.247. The zero-order valence-electron chi connectivity index (χ0n) is 51.6. The van der Waals surface area contributed by atoms with Gasteiger partial charge in [-0.3, -0.25) is 0 Å². The number of para-hydroxylation sites is 4. The molecule has 0 spiro atoms. The van der Waals surface area contributed by atoms with Crippen LogP contribution in [0.2, 0.25) is 39.3 Å². The Morgan fingerprint density at radius 2 is 0.929 bits per heavy atom. The summed E-state index contributed by atoms with van der Waals surface area (Å²) in [5.41, 5.74) is 19.6. The quantitative estimate of drug-likeness (QED) is 0.141. The second kappa shape index (κ2) is 18.4. The van der Waals surface area contributed by atoms with E-state index >= 15 is 0 Å². The number of benzene rings is 9. The summed E-state index contributed by atoms with van der Waals surface area (Å²) in [6.45, 7) is 33.0. The molecule has 0 bridgehead atoms. The van der Waals surface area contributed by atoms with Crippen molar-refractivity contribution < 1.29 is 17.7 Å². The van der Waals surface area contributed by atoms with Gasteiger partial charge in [-0.25, -0.2) is 0 Å². The second-order valence-electron chi connectivity index (χ2n) is 28.9. The first kappa shape index (κ1) is 53.4. The summed E-state index contributed by atoms with van der Waals surface area (Å²) >= 11 is 0. The van der Waals surface area contributed by atoms with Gasteiger partial charge in [0, 0.05) is 89.3 Å². The molecule has 9 aromatic carbocycles. The Balaban J connectivity index is 0.970. The lowest BCUT2D eigenvalue weighted by Crippen LogP contribution is -2.37. The predicted molar refractivity (Wildman–Crippen MR) is 364 cm³/mol. The van der Waals surface area contributed by atoms with Crippen LogP contribution in [0.25, 0.3) is 82.4 Å². The van der Waals surface area contributed by atoms with Crippen LogP contribution in [0.15, 0.2) is 199 Å². The monoisotopic (exact) mass is 1150 g/mol. The number of hydrogen-bond donors (Lipinski definition) is 0. The van der Waals surface area contributed by atoms with Crippen molar-refractivity contribution in [3.8, 4) is 0 Å². The minimum absolute atomic E-state index is 0.0212. The molecule has 0 aliphatic heterocycles. The van der Waals surface area contributed by atoms with Crippen molar-refractivity contribution in [2.45, 2.75) is 123 Å². The molecule has 1 unspecified atom stereocenters. The third-order valence-electron chi connectivity index (χ3n) is 18.9. The first-order chi connectivity index (χ1) is 40.4. The van der Waals surface area contributed by atoms with Gasteiger partial charge < -0.3 is 27.5 Å². The molecule has 0 amide bonds. The minimum Gasteiger partial charge on any atom is -0.456 e. The van der Waals surface area contributed by atoms with Crippen LogP contribution in [0, 0.1) is 0 Å². The van der Waals surface area contributed by atoms with Crippen LogP contribution in [-0.2, 0) is 16.2 Å². The average Bonchev–Trinajstić information content (AvgIpc) is 1.72. The Bertz CT molecular complexity index is 4940. The third kappa shape index (κ3) is 8.22. The summed E-state index contributed by atoms with van der Waals surface area (Å²) in [7, 11) is -3.49. The lowest BCUT2D eigenvalue weighted by molar-refractivity contribution is 0.535. The first-order valence-electron chi connectivity index (χ1n) is 30.4. The van der Waals surface area contributed by atoms with Crippen molar-refractivity contribution in [1.82, 2.24) is 0 Å². The molecule has 0 saturated carbocycles. The SMILES string of the molecule is CC(C)(C)c1ccc(N(c2ccc3c(c2)oc2c([Si](C)(C)C)cccc23)c2cc3c(c4oc5ccccc5c24)C2=C(CC(N(c4ccc(C(C)(C)C)cc4)c4ccc5c(c4)oc4c([Si](C)(C)C)cccc45)c4c2oc2ccccc42)C3(C)C)cc1. The van der Waals surface area contributed by atoms with Gasteiger partial charge in [-0.1, -0.05) is 192 Å².